The first-order chi connectivity index (χ1) is 8.88. The third kappa shape index (κ3) is 2.11. The monoisotopic (exact) mass is 300 g/mol. The fraction of sp³-hybridized carbons (Fsp3) is 0.231. The smallest absolute Gasteiger partial charge is 0.344 e. The highest BCUT2D eigenvalue weighted by atomic mass is 35.5. The first-order valence-corrected chi connectivity index (χ1v) is 6.14. The zero-order valence-corrected chi connectivity index (χ0v) is 12.0. The molecule has 6 heteroatoms. The minimum Gasteiger partial charge on any atom is -0.465 e. The van der Waals surface area contributed by atoms with E-state index in [-0.39, 0.29) is 10.3 Å². The maximum absolute atomic E-state index is 11.8. The molecule has 0 spiro atoms. The average molecular weight is 301 g/mol. The Labute approximate surface area is 119 Å². The maximum Gasteiger partial charge on any atom is 0.344 e. The van der Waals surface area contributed by atoms with E-state index < -0.39 is 11.9 Å². The summed E-state index contributed by atoms with van der Waals surface area (Å²) in [5, 5.41) is 0. The van der Waals surface area contributed by atoms with E-state index in [0.717, 1.165) is 0 Å². The van der Waals surface area contributed by atoms with E-state index >= 15 is 0 Å². The maximum atomic E-state index is 11.8. The highest BCUT2D eigenvalue weighted by Gasteiger charge is 2.33. The highest BCUT2D eigenvalue weighted by Crippen LogP contribution is 2.38. The Kier molecular flexibility index (Phi) is 3.56. The lowest BCUT2D eigenvalue weighted by molar-refractivity contribution is 0.0599. The lowest BCUT2D eigenvalue weighted by Gasteiger charge is -2.10. The Balaban J connectivity index is 2.79. The van der Waals surface area contributed by atoms with Gasteiger partial charge in [0.1, 0.15) is 4.49 Å². The van der Waals surface area contributed by atoms with Gasteiger partial charge >= 0.3 is 11.9 Å². The molecule has 1 aromatic rings. The van der Waals surface area contributed by atoms with E-state index in [4.69, 9.17) is 32.7 Å². The van der Waals surface area contributed by atoms with Crippen molar-refractivity contribution >= 4 is 40.9 Å². The quantitative estimate of drug-likeness (QED) is 0.746. The molecule has 0 saturated heterocycles. The molecule has 0 radical (unpaired) electrons. The molecule has 0 unspecified atom stereocenters. The molecule has 1 aliphatic heterocycles. The Morgan fingerprint density at radius 3 is 2.47 bits per heavy atom. The van der Waals surface area contributed by atoms with Crippen LogP contribution in [0.15, 0.2) is 10.6 Å². The number of aryl methyl sites for hydroxylation is 1. The molecule has 1 aromatic carbocycles. The van der Waals surface area contributed by atoms with Crippen LogP contribution in [0.2, 0.25) is 0 Å². The molecule has 4 nitrogen and oxygen atoms in total. The van der Waals surface area contributed by atoms with Gasteiger partial charge in [0.15, 0.2) is 5.76 Å². The third-order valence-electron chi connectivity index (χ3n) is 2.98. The molecule has 19 heavy (non-hydrogen) atoms. The van der Waals surface area contributed by atoms with E-state index in [9.17, 15) is 9.59 Å². The van der Waals surface area contributed by atoms with Gasteiger partial charge in [-0.15, -0.1) is 0 Å². The molecule has 0 bridgehead atoms. The Morgan fingerprint density at radius 1 is 1.32 bits per heavy atom. The zero-order valence-electron chi connectivity index (χ0n) is 10.5. The van der Waals surface area contributed by atoms with Gasteiger partial charge in [-0.2, -0.15) is 0 Å². The van der Waals surface area contributed by atoms with Crippen molar-refractivity contribution in [3.8, 4) is 0 Å². The number of benzene rings is 1. The molecular formula is C13H10Cl2O4. The lowest BCUT2D eigenvalue weighted by atomic mass is 9.93. The lowest BCUT2D eigenvalue weighted by Crippen LogP contribution is -2.10. The summed E-state index contributed by atoms with van der Waals surface area (Å²) in [6, 6.07) is 1.64. The van der Waals surface area contributed by atoms with Gasteiger partial charge in [0.2, 0.25) is 0 Å². The fourth-order valence-electron chi connectivity index (χ4n) is 2.18. The van der Waals surface area contributed by atoms with Gasteiger partial charge in [-0.1, -0.05) is 23.2 Å². The van der Waals surface area contributed by atoms with E-state index in [2.05, 4.69) is 0 Å². The topological polar surface area (TPSA) is 52.6 Å². The summed E-state index contributed by atoms with van der Waals surface area (Å²) in [7, 11) is 1.29. The second kappa shape index (κ2) is 4.87. The number of esters is 2. The van der Waals surface area contributed by atoms with E-state index in [1.807, 2.05) is 0 Å². The highest BCUT2D eigenvalue weighted by molar-refractivity contribution is 6.58. The number of carbonyl (C=O) groups is 2. The number of fused-ring (bicyclic) bond motifs is 1. The van der Waals surface area contributed by atoms with Crippen LogP contribution in [0.4, 0.5) is 0 Å². The molecule has 0 aromatic heterocycles. The normalized spacial score (nSPS) is 13.1. The number of cyclic esters (lactones) is 1. The summed E-state index contributed by atoms with van der Waals surface area (Å²) < 4.78 is 9.61. The van der Waals surface area contributed by atoms with Gasteiger partial charge in [0.25, 0.3) is 0 Å². The number of carbonyl (C=O) groups excluding carboxylic acids is 2. The van der Waals surface area contributed by atoms with Crippen LogP contribution < -0.4 is 0 Å². The number of methoxy groups -OCH3 is 1. The summed E-state index contributed by atoms with van der Waals surface area (Å²) in [6.07, 6.45) is 0. The predicted octanol–water partition coefficient (Wildman–Crippen LogP) is 3.36. The van der Waals surface area contributed by atoms with Crippen LogP contribution in [-0.2, 0) is 9.47 Å². The Hall–Kier alpha value is -1.52. The molecule has 0 atom stereocenters. The fourth-order valence-corrected chi connectivity index (χ4v) is 2.46. The van der Waals surface area contributed by atoms with Gasteiger partial charge in [-0.25, -0.2) is 9.59 Å². The van der Waals surface area contributed by atoms with Crippen LogP contribution in [0, 0.1) is 13.8 Å². The van der Waals surface area contributed by atoms with Crippen molar-refractivity contribution in [3.05, 3.63) is 38.4 Å². The average Bonchev–Trinajstić information content (AvgIpc) is 2.66. The van der Waals surface area contributed by atoms with Gasteiger partial charge in [0, 0.05) is 5.56 Å². The number of rotatable bonds is 1. The Morgan fingerprint density at radius 2 is 1.95 bits per heavy atom. The van der Waals surface area contributed by atoms with Crippen molar-refractivity contribution in [1.82, 2.24) is 0 Å². The summed E-state index contributed by atoms with van der Waals surface area (Å²) in [5.74, 6) is -0.961. The van der Waals surface area contributed by atoms with Crippen LogP contribution in [0.3, 0.4) is 0 Å². The van der Waals surface area contributed by atoms with E-state index in [1.54, 1.807) is 19.9 Å². The predicted molar refractivity (Wildman–Crippen MR) is 71.3 cm³/mol. The molecule has 2 rings (SSSR count). The summed E-state index contributed by atoms with van der Waals surface area (Å²) in [5.41, 5.74) is 2.29. The molecular weight excluding hydrogens is 291 g/mol. The number of ether oxygens (including phenoxy) is 2. The van der Waals surface area contributed by atoms with Crippen molar-refractivity contribution < 1.29 is 19.1 Å². The van der Waals surface area contributed by atoms with Crippen LogP contribution in [-0.4, -0.2) is 19.0 Å². The number of hydrogen-bond donors (Lipinski definition) is 0. The van der Waals surface area contributed by atoms with Crippen molar-refractivity contribution in [3.63, 3.8) is 0 Å². The SMILES string of the molecule is COC(=O)c1c(C)cc2c(c1C)C(=O)OC2=C(Cl)Cl. The molecule has 1 aliphatic rings. The summed E-state index contributed by atoms with van der Waals surface area (Å²) in [6.45, 7) is 3.40. The van der Waals surface area contributed by atoms with Crippen LogP contribution >= 0.6 is 23.2 Å². The molecule has 1 heterocycles. The molecule has 0 amide bonds. The third-order valence-corrected chi connectivity index (χ3v) is 3.32. The minimum absolute atomic E-state index is 0.117. The van der Waals surface area contributed by atoms with Crippen molar-refractivity contribution in [1.29, 1.82) is 0 Å². The first-order valence-electron chi connectivity index (χ1n) is 5.38. The van der Waals surface area contributed by atoms with Crippen LogP contribution in [0.1, 0.15) is 37.4 Å². The molecule has 0 fully saturated rings. The van der Waals surface area contributed by atoms with Gasteiger partial charge in [-0.05, 0) is 31.0 Å². The van der Waals surface area contributed by atoms with Crippen molar-refractivity contribution in [2.75, 3.05) is 7.11 Å². The van der Waals surface area contributed by atoms with E-state index in [0.29, 0.717) is 27.8 Å². The van der Waals surface area contributed by atoms with Gasteiger partial charge in [0.05, 0.1) is 18.2 Å². The summed E-state index contributed by atoms with van der Waals surface area (Å²) in [4.78, 5) is 23.6. The molecule has 0 aliphatic carbocycles. The second-order valence-corrected chi connectivity index (χ2v) is 5.04. The molecule has 100 valence electrons. The van der Waals surface area contributed by atoms with Gasteiger partial charge < -0.3 is 9.47 Å². The standard InChI is InChI=1S/C13H10Cl2O4/c1-5-4-7-9(6(2)8(5)12(16)18-3)13(17)19-10(7)11(14)15/h4H,1-3H3. The molecule has 0 saturated carbocycles. The van der Waals surface area contributed by atoms with E-state index in [1.165, 1.54) is 7.11 Å². The van der Waals surface area contributed by atoms with Crippen LogP contribution in [0.5, 0.6) is 0 Å². The molecule has 0 N–H and O–H groups in total. The number of halogens is 2. The van der Waals surface area contributed by atoms with Crippen molar-refractivity contribution in [2.45, 2.75) is 13.8 Å². The van der Waals surface area contributed by atoms with Crippen molar-refractivity contribution in [2.24, 2.45) is 0 Å². The Bertz CT molecular complexity index is 628. The summed E-state index contributed by atoms with van der Waals surface area (Å²) >= 11 is 11.4. The van der Waals surface area contributed by atoms with Gasteiger partial charge in [-0.3, -0.25) is 0 Å². The zero-order chi connectivity index (χ0) is 14.3. The second-order valence-electron chi connectivity index (χ2n) is 4.09. The number of hydrogen-bond acceptors (Lipinski definition) is 4. The first kappa shape index (κ1) is 13.9. The largest absolute Gasteiger partial charge is 0.465 e. The minimum atomic E-state index is -0.577. The van der Waals surface area contributed by atoms with Crippen LogP contribution in [0.25, 0.3) is 5.76 Å².